The van der Waals surface area contributed by atoms with Gasteiger partial charge in [-0.25, -0.2) is 14.0 Å². The van der Waals surface area contributed by atoms with E-state index in [9.17, 15) is 18.8 Å². The second-order valence-electron chi connectivity index (χ2n) is 8.99. The summed E-state index contributed by atoms with van der Waals surface area (Å²) in [5, 5.41) is 16.1. The van der Waals surface area contributed by atoms with Crippen LogP contribution < -0.4 is 5.32 Å². The minimum absolute atomic E-state index is 0.0907. The molecule has 0 saturated heterocycles. The van der Waals surface area contributed by atoms with Crippen molar-refractivity contribution in [3.63, 3.8) is 0 Å². The number of hydrogen-bond donors (Lipinski definition) is 2. The van der Waals surface area contributed by atoms with Gasteiger partial charge in [0.1, 0.15) is 5.82 Å². The molecule has 0 bridgehead atoms. The number of carboxylic acid groups (broad SMARTS) is 1. The molecule has 2 heterocycles. The number of urea groups is 1. The van der Waals surface area contributed by atoms with Gasteiger partial charge < -0.3 is 20.2 Å². The Morgan fingerprint density at radius 2 is 1.86 bits per heavy atom. The number of nitrogens with zero attached hydrogens (tertiary/aromatic N) is 4. The SMILES string of the molecule is CN(C(=O)c1cnn2c1CN(C(=O)Nc1ccc(F)c(Cl)c1)CC2)C1(c2ccc(C(=O)O)cc2)CC1. The van der Waals surface area contributed by atoms with Gasteiger partial charge in [-0.3, -0.25) is 9.48 Å². The maximum atomic E-state index is 13.6. The summed E-state index contributed by atoms with van der Waals surface area (Å²) in [6, 6.07) is 10.1. The fourth-order valence-corrected chi connectivity index (χ4v) is 4.79. The number of nitrogens with one attached hydrogen (secondary N) is 1. The highest BCUT2D eigenvalue weighted by molar-refractivity contribution is 6.31. The zero-order valence-electron chi connectivity index (χ0n) is 19.4. The molecule has 9 nitrogen and oxygen atoms in total. The Hall–Kier alpha value is -3.92. The van der Waals surface area contributed by atoms with Crippen molar-refractivity contribution >= 4 is 35.2 Å². The van der Waals surface area contributed by atoms with Crippen LogP contribution >= 0.6 is 11.6 Å². The Kier molecular flexibility index (Phi) is 5.91. The van der Waals surface area contributed by atoms with Crippen molar-refractivity contribution in [2.24, 2.45) is 0 Å². The molecule has 1 aliphatic heterocycles. The van der Waals surface area contributed by atoms with Gasteiger partial charge in [0.25, 0.3) is 5.91 Å². The lowest BCUT2D eigenvalue weighted by Gasteiger charge is -2.31. The van der Waals surface area contributed by atoms with Crippen molar-refractivity contribution in [2.45, 2.75) is 31.5 Å². The number of carboxylic acids is 1. The van der Waals surface area contributed by atoms with Crippen LogP contribution in [0.15, 0.2) is 48.7 Å². The summed E-state index contributed by atoms with van der Waals surface area (Å²) in [5.74, 6) is -1.79. The van der Waals surface area contributed by atoms with Crippen LogP contribution in [0.25, 0.3) is 0 Å². The molecule has 0 unspecified atom stereocenters. The van der Waals surface area contributed by atoms with Crippen molar-refractivity contribution < 1.29 is 23.9 Å². The van der Waals surface area contributed by atoms with Crippen LogP contribution in [0.4, 0.5) is 14.9 Å². The number of benzene rings is 2. The molecule has 3 amide bonds. The first-order valence-electron chi connectivity index (χ1n) is 11.4. The van der Waals surface area contributed by atoms with E-state index in [4.69, 9.17) is 16.7 Å². The van der Waals surface area contributed by atoms with E-state index in [1.807, 2.05) is 0 Å². The zero-order chi connectivity index (χ0) is 25.6. The molecule has 1 saturated carbocycles. The van der Waals surface area contributed by atoms with Crippen LogP contribution in [-0.4, -0.2) is 56.2 Å². The Labute approximate surface area is 211 Å². The number of anilines is 1. The molecule has 186 valence electrons. The molecule has 36 heavy (non-hydrogen) atoms. The Balaban J connectivity index is 1.33. The molecule has 1 aromatic heterocycles. The van der Waals surface area contributed by atoms with Crippen LogP contribution in [0.5, 0.6) is 0 Å². The number of aromatic carboxylic acids is 1. The number of carbonyl (C=O) groups excluding carboxylic acids is 2. The lowest BCUT2D eigenvalue weighted by Crippen LogP contribution is -2.42. The van der Waals surface area contributed by atoms with E-state index in [1.165, 1.54) is 24.4 Å². The molecule has 2 N–H and O–H groups in total. The van der Waals surface area contributed by atoms with Gasteiger partial charge in [0.15, 0.2) is 0 Å². The number of aromatic nitrogens is 2. The molecule has 1 fully saturated rings. The molecule has 5 rings (SSSR count). The quantitative estimate of drug-likeness (QED) is 0.534. The minimum Gasteiger partial charge on any atom is -0.478 e. The van der Waals surface area contributed by atoms with Crippen molar-refractivity contribution in [1.82, 2.24) is 19.6 Å². The fraction of sp³-hybridized carbons (Fsp3) is 0.280. The average molecular weight is 512 g/mol. The van der Waals surface area contributed by atoms with Gasteiger partial charge in [0.2, 0.25) is 0 Å². The Morgan fingerprint density at radius 1 is 1.14 bits per heavy atom. The molecule has 1 aliphatic carbocycles. The van der Waals surface area contributed by atoms with E-state index in [2.05, 4.69) is 10.4 Å². The third kappa shape index (κ3) is 4.17. The molecule has 3 aromatic rings. The third-order valence-corrected chi connectivity index (χ3v) is 7.19. The van der Waals surface area contributed by atoms with E-state index in [0.29, 0.717) is 30.0 Å². The summed E-state index contributed by atoms with van der Waals surface area (Å²) >= 11 is 5.81. The normalized spacial score (nSPS) is 15.7. The largest absolute Gasteiger partial charge is 0.478 e. The second kappa shape index (κ2) is 8.94. The molecule has 2 aliphatic rings. The van der Waals surface area contributed by atoms with Gasteiger partial charge in [-0.05, 0) is 48.7 Å². The number of rotatable bonds is 5. The molecular weight excluding hydrogens is 489 g/mol. The van der Waals surface area contributed by atoms with E-state index >= 15 is 0 Å². The molecule has 11 heteroatoms. The third-order valence-electron chi connectivity index (χ3n) is 6.90. The van der Waals surface area contributed by atoms with Gasteiger partial charge in [0, 0.05) is 19.3 Å². The van der Waals surface area contributed by atoms with Gasteiger partial charge in [-0.15, -0.1) is 0 Å². The predicted molar refractivity (Wildman–Crippen MR) is 129 cm³/mol. The summed E-state index contributed by atoms with van der Waals surface area (Å²) in [6.45, 7) is 0.987. The van der Waals surface area contributed by atoms with Crippen molar-refractivity contribution in [3.8, 4) is 0 Å². The van der Waals surface area contributed by atoms with E-state index in [1.54, 1.807) is 45.8 Å². The topological polar surface area (TPSA) is 108 Å². The van der Waals surface area contributed by atoms with E-state index in [-0.39, 0.29) is 23.0 Å². The highest BCUT2D eigenvalue weighted by atomic mass is 35.5. The maximum absolute atomic E-state index is 13.6. The molecule has 2 aromatic carbocycles. The van der Waals surface area contributed by atoms with Gasteiger partial charge in [-0.1, -0.05) is 23.7 Å². The number of fused-ring (bicyclic) bond motifs is 1. The minimum atomic E-state index is -1.00. The predicted octanol–water partition coefficient (Wildman–Crippen LogP) is 4.18. The Morgan fingerprint density at radius 3 is 2.50 bits per heavy atom. The Bertz CT molecular complexity index is 1370. The molecular formula is C25H23ClFN5O4. The number of halogens is 2. The van der Waals surface area contributed by atoms with Crippen molar-refractivity contribution in [3.05, 3.63) is 81.9 Å². The van der Waals surface area contributed by atoms with Crippen molar-refractivity contribution in [1.29, 1.82) is 0 Å². The van der Waals surface area contributed by atoms with Crippen LogP contribution in [0, 0.1) is 5.82 Å². The van der Waals surface area contributed by atoms with Crippen LogP contribution in [-0.2, 0) is 18.6 Å². The summed E-state index contributed by atoms with van der Waals surface area (Å²) in [5.41, 5.74) is 1.97. The average Bonchev–Trinajstić information content (AvgIpc) is 3.58. The standard InChI is InChI=1S/C25H23ClFN5O4/c1-30(25(8-9-25)16-4-2-15(3-5-16)23(34)35)22(33)18-13-28-32-11-10-31(14-21(18)32)24(36)29-17-6-7-20(27)19(26)12-17/h2-7,12-13H,8-11,14H2,1H3,(H,29,36)(H,34,35). The molecule has 0 atom stereocenters. The first-order valence-corrected chi connectivity index (χ1v) is 11.7. The second-order valence-corrected chi connectivity index (χ2v) is 9.39. The lowest BCUT2D eigenvalue weighted by atomic mass is 10.0. The zero-order valence-corrected chi connectivity index (χ0v) is 20.1. The first kappa shape index (κ1) is 23.8. The van der Waals surface area contributed by atoms with Crippen LogP contribution in [0.3, 0.4) is 0 Å². The molecule has 0 radical (unpaired) electrons. The first-order chi connectivity index (χ1) is 17.2. The smallest absolute Gasteiger partial charge is 0.335 e. The summed E-state index contributed by atoms with van der Waals surface area (Å²) in [6.07, 6.45) is 3.05. The van der Waals surface area contributed by atoms with Gasteiger partial charge in [-0.2, -0.15) is 5.10 Å². The lowest BCUT2D eigenvalue weighted by molar-refractivity contribution is 0.0686. The number of hydrogen-bond acceptors (Lipinski definition) is 4. The number of amides is 3. The monoisotopic (exact) mass is 511 g/mol. The summed E-state index contributed by atoms with van der Waals surface area (Å²) < 4.78 is 15.2. The summed E-state index contributed by atoms with van der Waals surface area (Å²) in [7, 11) is 1.73. The van der Waals surface area contributed by atoms with Gasteiger partial charge in [0.05, 0.1) is 46.7 Å². The highest BCUT2D eigenvalue weighted by Crippen LogP contribution is 2.51. The van der Waals surface area contributed by atoms with E-state index in [0.717, 1.165) is 18.4 Å². The highest BCUT2D eigenvalue weighted by Gasteiger charge is 2.50. The van der Waals surface area contributed by atoms with Gasteiger partial charge >= 0.3 is 12.0 Å². The number of carbonyl (C=O) groups is 3. The molecule has 0 spiro atoms. The fourth-order valence-electron chi connectivity index (χ4n) is 4.61. The van der Waals surface area contributed by atoms with Crippen LogP contribution in [0.2, 0.25) is 5.02 Å². The summed E-state index contributed by atoms with van der Waals surface area (Å²) in [4.78, 5) is 40.8. The van der Waals surface area contributed by atoms with Crippen LogP contribution in [0.1, 0.15) is 44.8 Å². The van der Waals surface area contributed by atoms with E-state index < -0.39 is 23.4 Å². The maximum Gasteiger partial charge on any atom is 0.335 e. The van der Waals surface area contributed by atoms with Crippen molar-refractivity contribution in [2.75, 3.05) is 18.9 Å².